The molecule has 1 atom stereocenters. The summed E-state index contributed by atoms with van der Waals surface area (Å²) in [7, 11) is 1.40. The smallest absolute Gasteiger partial charge is 0.326 e. The van der Waals surface area contributed by atoms with Crippen molar-refractivity contribution in [3.05, 3.63) is 18.0 Å². The summed E-state index contributed by atoms with van der Waals surface area (Å²) in [6.07, 6.45) is 2.68. The standard InChI is InChI=1S/C13H21N3O2S/c1-5-7-15-13(3,11(17)18-4)9-19-12-14-8-6-10(2)16-12/h6,8,15H,5,7,9H2,1-4H3. The van der Waals surface area contributed by atoms with Gasteiger partial charge in [0.15, 0.2) is 5.16 Å². The number of esters is 1. The molecule has 1 aromatic rings. The van der Waals surface area contributed by atoms with Gasteiger partial charge in [-0.3, -0.25) is 4.79 Å². The predicted octanol–water partition coefficient (Wildman–Crippen LogP) is 1.81. The maximum absolute atomic E-state index is 11.9. The Balaban J connectivity index is 2.70. The number of carbonyl (C=O) groups is 1. The molecule has 0 amide bonds. The van der Waals surface area contributed by atoms with Crippen LogP contribution in [0.5, 0.6) is 0 Å². The van der Waals surface area contributed by atoms with E-state index in [0.717, 1.165) is 18.7 Å². The van der Waals surface area contributed by atoms with E-state index in [9.17, 15) is 4.79 Å². The maximum Gasteiger partial charge on any atom is 0.326 e. The van der Waals surface area contributed by atoms with E-state index in [1.54, 1.807) is 6.20 Å². The lowest BCUT2D eigenvalue weighted by Crippen LogP contribution is -2.52. The highest BCUT2D eigenvalue weighted by atomic mass is 32.2. The first-order chi connectivity index (χ1) is 9.01. The highest BCUT2D eigenvalue weighted by Crippen LogP contribution is 2.20. The minimum Gasteiger partial charge on any atom is -0.468 e. The van der Waals surface area contributed by atoms with Crippen molar-refractivity contribution in [1.29, 1.82) is 0 Å². The van der Waals surface area contributed by atoms with Crippen LogP contribution in [0.25, 0.3) is 0 Å². The number of nitrogens with zero attached hydrogens (tertiary/aromatic N) is 2. The Bertz CT molecular complexity index is 428. The molecule has 1 unspecified atom stereocenters. The van der Waals surface area contributed by atoms with Crippen molar-refractivity contribution in [3.8, 4) is 0 Å². The number of aryl methyl sites for hydroxylation is 1. The minimum atomic E-state index is -0.720. The van der Waals surface area contributed by atoms with Gasteiger partial charge < -0.3 is 10.1 Å². The van der Waals surface area contributed by atoms with Crippen LogP contribution in [-0.2, 0) is 9.53 Å². The van der Waals surface area contributed by atoms with Crippen LogP contribution in [0, 0.1) is 6.92 Å². The lowest BCUT2D eigenvalue weighted by molar-refractivity contribution is -0.146. The summed E-state index contributed by atoms with van der Waals surface area (Å²) in [5.41, 5.74) is 0.196. The fourth-order valence-corrected chi connectivity index (χ4v) is 2.49. The van der Waals surface area contributed by atoms with E-state index in [2.05, 4.69) is 22.2 Å². The van der Waals surface area contributed by atoms with Crippen LogP contribution in [-0.4, -0.2) is 40.9 Å². The Labute approximate surface area is 118 Å². The lowest BCUT2D eigenvalue weighted by Gasteiger charge is -2.27. The molecule has 0 spiro atoms. The molecule has 19 heavy (non-hydrogen) atoms. The van der Waals surface area contributed by atoms with Gasteiger partial charge in [-0.15, -0.1) is 0 Å². The lowest BCUT2D eigenvalue weighted by atomic mass is 10.1. The average molecular weight is 283 g/mol. The Hall–Kier alpha value is -1.14. The molecule has 0 fully saturated rings. The molecule has 1 rings (SSSR count). The first kappa shape index (κ1) is 15.9. The summed E-state index contributed by atoms with van der Waals surface area (Å²) in [6.45, 7) is 6.58. The molecule has 0 radical (unpaired) electrons. The molecule has 5 nitrogen and oxygen atoms in total. The van der Waals surface area contributed by atoms with Gasteiger partial charge in [-0.25, -0.2) is 9.97 Å². The number of aromatic nitrogens is 2. The first-order valence-corrected chi connectivity index (χ1v) is 7.26. The van der Waals surface area contributed by atoms with Gasteiger partial charge in [0, 0.05) is 17.6 Å². The van der Waals surface area contributed by atoms with Crippen LogP contribution in [0.4, 0.5) is 0 Å². The normalized spacial score (nSPS) is 13.9. The van der Waals surface area contributed by atoms with Crippen molar-refractivity contribution in [2.75, 3.05) is 19.4 Å². The van der Waals surface area contributed by atoms with Crippen LogP contribution in [0.1, 0.15) is 26.0 Å². The Kier molecular flexibility index (Phi) is 6.24. The van der Waals surface area contributed by atoms with E-state index >= 15 is 0 Å². The maximum atomic E-state index is 11.9. The summed E-state index contributed by atoms with van der Waals surface area (Å²) in [5.74, 6) is 0.268. The average Bonchev–Trinajstić information content (AvgIpc) is 2.42. The van der Waals surface area contributed by atoms with Crippen molar-refractivity contribution >= 4 is 17.7 Å². The van der Waals surface area contributed by atoms with Crippen LogP contribution >= 0.6 is 11.8 Å². The van der Waals surface area contributed by atoms with Gasteiger partial charge in [0.25, 0.3) is 0 Å². The van der Waals surface area contributed by atoms with Gasteiger partial charge in [-0.05, 0) is 32.9 Å². The summed E-state index contributed by atoms with van der Waals surface area (Å²) >= 11 is 1.45. The van der Waals surface area contributed by atoms with Crippen LogP contribution in [0.3, 0.4) is 0 Å². The van der Waals surface area contributed by atoms with Crippen molar-refractivity contribution in [1.82, 2.24) is 15.3 Å². The molecule has 0 bridgehead atoms. The van der Waals surface area contributed by atoms with E-state index in [0.29, 0.717) is 10.9 Å². The molecular weight excluding hydrogens is 262 g/mol. The van der Waals surface area contributed by atoms with Crippen LogP contribution < -0.4 is 5.32 Å². The fourth-order valence-electron chi connectivity index (χ4n) is 1.51. The molecule has 1 heterocycles. The van der Waals surface area contributed by atoms with E-state index in [1.807, 2.05) is 19.9 Å². The number of nitrogens with one attached hydrogen (secondary N) is 1. The van der Waals surface area contributed by atoms with Crippen molar-refractivity contribution < 1.29 is 9.53 Å². The van der Waals surface area contributed by atoms with Crippen LogP contribution in [0.15, 0.2) is 17.4 Å². The molecule has 1 aromatic heterocycles. The van der Waals surface area contributed by atoms with E-state index in [4.69, 9.17) is 4.74 Å². The molecule has 0 aliphatic rings. The van der Waals surface area contributed by atoms with Gasteiger partial charge in [0.1, 0.15) is 5.54 Å². The summed E-state index contributed by atoms with van der Waals surface area (Å²) in [5, 5.41) is 3.90. The second kappa shape index (κ2) is 7.45. The zero-order chi connectivity index (χ0) is 14.3. The number of methoxy groups -OCH3 is 1. The van der Waals surface area contributed by atoms with E-state index < -0.39 is 5.54 Å². The molecule has 0 saturated heterocycles. The quantitative estimate of drug-likeness (QED) is 0.468. The molecule has 0 aliphatic carbocycles. The third-order valence-corrected chi connectivity index (χ3v) is 3.84. The van der Waals surface area contributed by atoms with Gasteiger partial charge in [0.05, 0.1) is 7.11 Å². The van der Waals surface area contributed by atoms with E-state index in [-0.39, 0.29) is 5.97 Å². The van der Waals surface area contributed by atoms with E-state index in [1.165, 1.54) is 18.9 Å². The number of ether oxygens (including phenoxy) is 1. The first-order valence-electron chi connectivity index (χ1n) is 6.27. The van der Waals surface area contributed by atoms with Crippen molar-refractivity contribution in [2.24, 2.45) is 0 Å². The fraction of sp³-hybridized carbons (Fsp3) is 0.615. The van der Waals surface area contributed by atoms with Gasteiger partial charge in [-0.1, -0.05) is 18.7 Å². The number of thioether (sulfide) groups is 1. The Morgan fingerprint density at radius 2 is 2.32 bits per heavy atom. The van der Waals surface area contributed by atoms with Crippen LogP contribution in [0.2, 0.25) is 0 Å². The van der Waals surface area contributed by atoms with Crippen molar-refractivity contribution in [3.63, 3.8) is 0 Å². The summed E-state index contributed by atoms with van der Waals surface area (Å²) in [6, 6.07) is 1.85. The highest BCUT2D eigenvalue weighted by molar-refractivity contribution is 7.99. The number of rotatable bonds is 7. The molecule has 0 aliphatic heterocycles. The molecule has 0 aromatic carbocycles. The molecule has 6 heteroatoms. The summed E-state index contributed by atoms with van der Waals surface area (Å²) < 4.78 is 4.87. The topological polar surface area (TPSA) is 64.1 Å². The number of hydrogen-bond donors (Lipinski definition) is 1. The third-order valence-electron chi connectivity index (χ3n) is 2.66. The highest BCUT2D eigenvalue weighted by Gasteiger charge is 2.34. The zero-order valence-electron chi connectivity index (χ0n) is 11.9. The second-order valence-electron chi connectivity index (χ2n) is 4.52. The molecule has 1 N–H and O–H groups in total. The van der Waals surface area contributed by atoms with Gasteiger partial charge in [-0.2, -0.15) is 0 Å². The predicted molar refractivity (Wildman–Crippen MR) is 76.2 cm³/mol. The van der Waals surface area contributed by atoms with Crippen molar-refractivity contribution in [2.45, 2.75) is 37.9 Å². The SMILES string of the molecule is CCCNC(C)(CSc1nccc(C)n1)C(=O)OC. The summed E-state index contributed by atoms with van der Waals surface area (Å²) in [4.78, 5) is 20.4. The number of hydrogen-bond acceptors (Lipinski definition) is 6. The van der Waals surface area contributed by atoms with Gasteiger partial charge in [0.2, 0.25) is 0 Å². The second-order valence-corrected chi connectivity index (χ2v) is 5.46. The number of carbonyl (C=O) groups excluding carboxylic acids is 1. The molecular formula is C13H21N3O2S. The molecule has 0 saturated carbocycles. The zero-order valence-corrected chi connectivity index (χ0v) is 12.7. The Morgan fingerprint density at radius 3 is 2.89 bits per heavy atom. The molecule has 106 valence electrons. The monoisotopic (exact) mass is 283 g/mol. The van der Waals surface area contributed by atoms with Gasteiger partial charge >= 0.3 is 5.97 Å². The third kappa shape index (κ3) is 4.80. The minimum absolute atomic E-state index is 0.263. The largest absolute Gasteiger partial charge is 0.468 e. The Morgan fingerprint density at radius 1 is 1.58 bits per heavy atom.